The van der Waals surface area contributed by atoms with Gasteiger partial charge < -0.3 is 45.2 Å². The summed E-state index contributed by atoms with van der Waals surface area (Å²) in [7, 11) is 0. The van der Waals surface area contributed by atoms with Crippen molar-refractivity contribution < 1.29 is 24.5 Å². The van der Waals surface area contributed by atoms with Crippen LogP contribution in [0.25, 0.3) is 11.4 Å². The van der Waals surface area contributed by atoms with E-state index in [-0.39, 0.29) is 40.7 Å². The number of likely N-dealkylation sites (tertiary alicyclic amines) is 3. The van der Waals surface area contributed by atoms with Crippen LogP contribution in [0.2, 0.25) is 0 Å². The molecule has 20 nitrogen and oxygen atoms in total. The number of nitrogens with zero attached hydrogens (tertiary/aromatic N) is 14. The zero-order valence-electron chi connectivity index (χ0n) is 41.5. The van der Waals surface area contributed by atoms with Crippen LogP contribution in [0.15, 0.2) is 55.1 Å². The van der Waals surface area contributed by atoms with Gasteiger partial charge in [0.25, 0.3) is 11.8 Å². The number of phenolic OH excluding ortho intramolecular Hbond substituents is 2. The van der Waals surface area contributed by atoms with Crippen LogP contribution in [0, 0.1) is 5.92 Å². The van der Waals surface area contributed by atoms with Crippen molar-refractivity contribution in [2.24, 2.45) is 5.92 Å². The molecule has 0 saturated carbocycles. The van der Waals surface area contributed by atoms with Gasteiger partial charge in [0, 0.05) is 122 Å². The first kappa shape index (κ1) is 47.8. The third kappa shape index (κ3) is 10.3. The Kier molecular flexibility index (Phi) is 13.7. The lowest BCUT2D eigenvalue weighted by molar-refractivity contribution is 0.0246. The Hall–Kier alpha value is -6.48. The van der Waals surface area contributed by atoms with Crippen molar-refractivity contribution >= 4 is 29.7 Å². The minimum absolute atomic E-state index is 0.0103. The zero-order valence-corrected chi connectivity index (χ0v) is 41.5. The minimum Gasteiger partial charge on any atom is -0.508 e. The summed E-state index contributed by atoms with van der Waals surface area (Å²) in [6.45, 7) is 18.5. The molecule has 20 heteroatoms. The normalized spacial score (nSPS) is 20.1. The quantitative estimate of drug-likeness (QED) is 0.162. The van der Waals surface area contributed by atoms with E-state index in [0.29, 0.717) is 105 Å². The van der Waals surface area contributed by atoms with Gasteiger partial charge in [-0.1, -0.05) is 32.0 Å². The van der Waals surface area contributed by atoms with Crippen molar-refractivity contribution in [3.63, 3.8) is 0 Å². The van der Waals surface area contributed by atoms with E-state index in [4.69, 9.17) is 30.5 Å². The van der Waals surface area contributed by atoms with Crippen LogP contribution in [0.3, 0.4) is 0 Å². The number of nitrogens with two attached hydrogens (primary N) is 1. The van der Waals surface area contributed by atoms with Crippen LogP contribution in [0.1, 0.15) is 94.5 Å². The number of carbonyl (C=O) groups is 2. The molecule has 0 spiro atoms. The van der Waals surface area contributed by atoms with Crippen molar-refractivity contribution in [2.45, 2.75) is 77.2 Å². The number of piperidine rings is 2. The highest BCUT2D eigenvalue weighted by Gasteiger charge is 2.38. The maximum Gasteiger partial charge on any atom is 0.258 e. The average Bonchev–Trinajstić information content (AvgIpc) is 4.06. The molecule has 380 valence electrons. The second-order valence-corrected chi connectivity index (χ2v) is 20.9. The summed E-state index contributed by atoms with van der Waals surface area (Å²) >= 11 is 0. The van der Waals surface area contributed by atoms with Crippen molar-refractivity contribution in [1.29, 1.82) is 0 Å². The van der Waals surface area contributed by atoms with Crippen molar-refractivity contribution in [2.75, 3.05) is 114 Å². The molecule has 2 amide bonds. The first-order chi connectivity index (χ1) is 35.0. The fourth-order valence-corrected chi connectivity index (χ4v) is 11.4. The maximum absolute atomic E-state index is 13.6. The molecule has 0 radical (unpaired) electrons. The first-order valence-corrected chi connectivity index (χ1v) is 25.9. The van der Waals surface area contributed by atoms with Gasteiger partial charge in [-0.3, -0.25) is 24.1 Å². The Labute approximate surface area is 420 Å². The smallest absolute Gasteiger partial charge is 0.258 e. The fraction of sp³-hybridized carbons (Fsp3) is 0.538. The van der Waals surface area contributed by atoms with E-state index in [1.165, 1.54) is 24.5 Å². The van der Waals surface area contributed by atoms with Crippen LogP contribution in [-0.2, 0) is 24.4 Å². The third-order valence-corrected chi connectivity index (χ3v) is 15.8. The van der Waals surface area contributed by atoms with E-state index in [9.17, 15) is 19.8 Å². The summed E-state index contributed by atoms with van der Waals surface area (Å²) in [6, 6.07) is 10.1. The Morgan fingerprint density at radius 3 is 2.11 bits per heavy atom. The van der Waals surface area contributed by atoms with Gasteiger partial charge >= 0.3 is 0 Å². The number of rotatable bonds is 12. The lowest BCUT2D eigenvalue weighted by Crippen LogP contribution is -2.64. The highest BCUT2D eigenvalue weighted by molar-refractivity contribution is 5.97. The van der Waals surface area contributed by atoms with Gasteiger partial charge in [0.15, 0.2) is 5.82 Å². The van der Waals surface area contributed by atoms with E-state index in [2.05, 4.69) is 52.7 Å². The summed E-state index contributed by atoms with van der Waals surface area (Å²) < 4.78 is 7.61. The molecule has 11 rings (SSSR count). The molecule has 0 bridgehead atoms. The number of fused-ring (bicyclic) bond motifs is 1. The van der Waals surface area contributed by atoms with Crippen LogP contribution in [0.4, 0.5) is 17.8 Å². The number of aromatic hydroxyl groups is 2. The number of aromatic nitrogens is 7. The molecular formula is C52H67N15O5. The van der Waals surface area contributed by atoms with E-state index < -0.39 is 0 Å². The van der Waals surface area contributed by atoms with E-state index >= 15 is 0 Å². The van der Waals surface area contributed by atoms with Crippen LogP contribution < -0.4 is 15.5 Å². The topological polar surface area (TPSA) is 215 Å². The number of hydrogen-bond donors (Lipinski definition) is 3. The number of piperazine rings is 1. The van der Waals surface area contributed by atoms with Crippen molar-refractivity contribution in [3.8, 4) is 22.9 Å². The standard InChI is InChI=1S/C52H67N15O5/c1-34(2)43-22-44(46(69)23-45(43)68)49(71)65-29-37-4-3-36(21-38(37)30-65)28-60-9-5-35(6-10-60)27-61-11-7-41(8-12-61)67-31-40(26-56-67)48(70)66-32-42(33-66)62-13-15-63(16-14-62)51-57-47(39-24-54-50(53)55-25-39)58-52(59-51)64-17-19-72-20-18-64/h3-4,21-26,31,34-35,41-42,68-69H,5-20,27-30,32-33H2,1-2H3,(H2,53,54,55). The number of ether oxygens (including phenoxy) is 1. The van der Waals surface area contributed by atoms with E-state index in [1.54, 1.807) is 29.6 Å². The largest absolute Gasteiger partial charge is 0.508 e. The third-order valence-electron chi connectivity index (χ3n) is 15.8. The van der Waals surface area contributed by atoms with E-state index in [1.807, 2.05) is 29.6 Å². The van der Waals surface area contributed by atoms with Gasteiger partial charge in [0.2, 0.25) is 17.8 Å². The predicted octanol–water partition coefficient (Wildman–Crippen LogP) is 3.83. The summed E-state index contributed by atoms with van der Waals surface area (Å²) in [4.78, 5) is 65.7. The molecule has 2 aromatic carbocycles. The van der Waals surface area contributed by atoms with E-state index in [0.717, 1.165) is 89.4 Å². The Morgan fingerprint density at radius 2 is 1.40 bits per heavy atom. The number of morpholine rings is 1. The summed E-state index contributed by atoms with van der Waals surface area (Å²) in [6.07, 6.45) is 11.4. The molecule has 6 aliphatic heterocycles. The number of nitrogen functional groups attached to an aromatic ring is 1. The number of hydrogen-bond acceptors (Lipinski definition) is 17. The molecule has 0 aliphatic carbocycles. The molecule has 5 fully saturated rings. The highest BCUT2D eigenvalue weighted by atomic mass is 16.5. The second-order valence-electron chi connectivity index (χ2n) is 20.9. The molecule has 4 N–H and O–H groups in total. The van der Waals surface area contributed by atoms with Crippen LogP contribution >= 0.6 is 0 Å². The Balaban J connectivity index is 0.599. The van der Waals surface area contributed by atoms with Gasteiger partial charge in [0.1, 0.15) is 11.5 Å². The monoisotopic (exact) mass is 982 g/mol. The molecule has 5 saturated heterocycles. The molecular weight excluding hydrogens is 915 g/mol. The molecule has 0 atom stereocenters. The average molecular weight is 982 g/mol. The van der Waals surface area contributed by atoms with Crippen LogP contribution in [0.5, 0.6) is 11.5 Å². The molecule has 9 heterocycles. The first-order valence-electron chi connectivity index (χ1n) is 25.9. The van der Waals surface area contributed by atoms with Gasteiger partial charge in [-0.05, 0) is 78.9 Å². The van der Waals surface area contributed by atoms with Gasteiger partial charge in [-0.2, -0.15) is 20.1 Å². The molecule has 5 aromatic rings. The molecule has 3 aromatic heterocycles. The number of anilines is 3. The lowest BCUT2D eigenvalue weighted by Gasteiger charge is -2.48. The van der Waals surface area contributed by atoms with Crippen LogP contribution in [-0.4, -0.2) is 186 Å². The number of benzene rings is 2. The summed E-state index contributed by atoms with van der Waals surface area (Å²) in [5, 5.41) is 25.5. The Morgan fingerprint density at radius 1 is 0.722 bits per heavy atom. The highest BCUT2D eigenvalue weighted by Crippen LogP contribution is 2.35. The Bertz CT molecular complexity index is 2740. The van der Waals surface area contributed by atoms with Crippen molar-refractivity contribution in [1.82, 2.24) is 59.2 Å². The van der Waals surface area contributed by atoms with Crippen molar-refractivity contribution in [3.05, 3.63) is 88.5 Å². The minimum atomic E-state index is -0.221. The molecule has 72 heavy (non-hydrogen) atoms. The number of phenols is 2. The lowest BCUT2D eigenvalue weighted by atomic mass is 9.94. The van der Waals surface area contributed by atoms with Gasteiger partial charge in [-0.25, -0.2) is 9.97 Å². The predicted molar refractivity (Wildman–Crippen MR) is 271 cm³/mol. The zero-order chi connectivity index (χ0) is 49.5. The van der Waals surface area contributed by atoms with Gasteiger partial charge in [0.05, 0.1) is 42.1 Å². The summed E-state index contributed by atoms with van der Waals surface area (Å²) in [5.74, 6) is 2.34. The second kappa shape index (κ2) is 20.6. The molecule has 6 aliphatic rings. The number of carbonyl (C=O) groups excluding carboxylic acids is 2. The van der Waals surface area contributed by atoms with Gasteiger partial charge in [-0.15, -0.1) is 0 Å². The maximum atomic E-state index is 13.6. The fourth-order valence-electron chi connectivity index (χ4n) is 11.4. The summed E-state index contributed by atoms with van der Waals surface area (Å²) in [5.41, 5.74) is 11.6. The number of amides is 2. The SMILES string of the molecule is CC(C)c1cc(C(=O)N2Cc3ccc(CN4CCC(CN5CCC(n6cc(C(=O)N7CC(N8CCN(c9nc(-c%10cnc(N)nc%10)nc(N%10CCOCC%10)n9)CC8)C7)cn6)CC5)CC4)cc3C2)c(O)cc1O. The molecule has 0 unspecified atom stereocenters.